The topological polar surface area (TPSA) is 51.5 Å². The molecular weight excluding hydrogens is 292 g/mol. The molecule has 1 fully saturated rings. The van der Waals surface area contributed by atoms with Crippen molar-refractivity contribution >= 4 is 5.91 Å². The van der Waals surface area contributed by atoms with E-state index in [0.717, 1.165) is 11.3 Å². The van der Waals surface area contributed by atoms with E-state index in [9.17, 15) is 9.59 Å². The molecule has 1 amide bonds. The molecule has 5 nitrogen and oxygen atoms in total. The van der Waals surface area contributed by atoms with E-state index < -0.39 is 0 Å². The lowest BCUT2D eigenvalue weighted by Crippen LogP contribution is -2.56. The molecule has 0 radical (unpaired) electrons. The van der Waals surface area contributed by atoms with Gasteiger partial charge in [-0.2, -0.15) is 0 Å². The zero-order valence-electron chi connectivity index (χ0n) is 13.6. The minimum Gasteiger partial charge on any atom is -0.486 e. The third-order valence-electron chi connectivity index (χ3n) is 4.18. The molecule has 120 valence electrons. The monoisotopic (exact) mass is 312 g/mol. The van der Waals surface area contributed by atoms with Gasteiger partial charge in [-0.3, -0.25) is 9.59 Å². The number of rotatable bonds is 3. The first-order chi connectivity index (χ1) is 10.9. The fourth-order valence-corrected chi connectivity index (χ4v) is 2.64. The number of carbonyl (C=O) groups is 1. The standard InChI is InChI=1S/C18H20N2O3/c1-12-5-4-6-14(7-12)18(22)20-10-16(11-20)23-15-8-13(2)19(3)17(21)9-15/h4-9,16H,10-11H2,1-3H3. The van der Waals surface area contributed by atoms with Crippen LogP contribution in [0.1, 0.15) is 21.6 Å². The van der Waals surface area contributed by atoms with Crippen LogP contribution in [-0.4, -0.2) is 34.6 Å². The summed E-state index contributed by atoms with van der Waals surface area (Å²) < 4.78 is 7.37. The summed E-state index contributed by atoms with van der Waals surface area (Å²) in [5.41, 5.74) is 2.53. The van der Waals surface area contributed by atoms with Gasteiger partial charge in [0.05, 0.1) is 13.1 Å². The number of amides is 1. The molecule has 0 bridgehead atoms. The number of benzene rings is 1. The Hall–Kier alpha value is -2.56. The summed E-state index contributed by atoms with van der Waals surface area (Å²) in [7, 11) is 1.73. The second-order valence-electron chi connectivity index (χ2n) is 6.05. The van der Waals surface area contributed by atoms with Gasteiger partial charge < -0.3 is 14.2 Å². The van der Waals surface area contributed by atoms with Crippen molar-refractivity contribution in [2.45, 2.75) is 20.0 Å². The van der Waals surface area contributed by atoms with Crippen molar-refractivity contribution in [1.82, 2.24) is 9.47 Å². The van der Waals surface area contributed by atoms with E-state index in [1.54, 1.807) is 16.5 Å². The van der Waals surface area contributed by atoms with Gasteiger partial charge in [-0.15, -0.1) is 0 Å². The highest BCUT2D eigenvalue weighted by molar-refractivity contribution is 5.95. The molecule has 0 aliphatic carbocycles. The van der Waals surface area contributed by atoms with E-state index in [4.69, 9.17) is 4.74 Å². The van der Waals surface area contributed by atoms with Gasteiger partial charge in [-0.25, -0.2) is 0 Å². The van der Waals surface area contributed by atoms with E-state index >= 15 is 0 Å². The SMILES string of the molecule is Cc1cccc(C(=O)N2CC(Oc3cc(C)n(C)c(=O)c3)C2)c1. The van der Waals surface area contributed by atoms with E-state index in [2.05, 4.69) is 0 Å². The van der Waals surface area contributed by atoms with Crippen LogP contribution in [0, 0.1) is 13.8 Å². The number of ether oxygens (including phenoxy) is 1. The molecular formula is C18H20N2O3. The Labute approximate surface area is 135 Å². The average molecular weight is 312 g/mol. The van der Waals surface area contributed by atoms with Crippen LogP contribution in [0.25, 0.3) is 0 Å². The fourth-order valence-electron chi connectivity index (χ4n) is 2.64. The van der Waals surface area contributed by atoms with Crippen molar-refractivity contribution in [1.29, 1.82) is 0 Å². The third-order valence-corrected chi connectivity index (χ3v) is 4.18. The van der Waals surface area contributed by atoms with Crippen LogP contribution in [0.2, 0.25) is 0 Å². The van der Waals surface area contributed by atoms with Crippen molar-refractivity contribution in [3.05, 3.63) is 63.6 Å². The lowest BCUT2D eigenvalue weighted by molar-refractivity contribution is 0.0176. The van der Waals surface area contributed by atoms with Gasteiger partial charge in [0.25, 0.3) is 11.5 Å². The smallest absolute Gasteiger partial charge is 0.254 e. The van der Waals surface area contributed by atoms with Gasteiger partial charge in [-0.05, 0) is 32.0 Å². The molecule has 0 atom stereocenters. The summed E-state index contributed by atoms with van der Waals surface area (Å²) >= 11 is 0. The van der Waals surface area contributed by atoms with Crippen molar-refractivity contribution in [2.75, 3.05) is 13.1 Å². The maximum absolute atomic E-state index is 12.3. The number of aromatic nitrogens is 1. The Morgan fingerprint density at radius 1 is 1.17 bits per heavy atom. The Kier molecular flexibility index (Phi) is 3.94. The highest BCUT2D eigenvalue weighted by Gasteiger charge is 2.32. The predicted octanol–water partition coefficient (Wildman–Crippen LogP) is 1.91. The molecule has 2 aromatic rings. The van der Waals surface area contributed by atoms with Crippen LogP contribution in [0.5, 0.6) is 5.75 Å². The van der Waals surface area contributed by atoms with E-state index in [1.165, 1.54) is 6.07 Å². The van der Waals surface area contributed by atoms with Crippen molar-refractivity contribution in [2.24, 2.45) is 7.05 Å². The summed E-state index contributed by atoms with van der Waals surface area (Å²) in [6.45, 7) is 4.92. The molecule has 1 aliphatic rings. The van der Waals surface area contributed by atoms with Gasteiger partial charge in [0.1, 0.15) is 11.9 Å². The van der Waals surface area contributed by atoms with Crippen LogP contribution >= 0.6 is 0 Å². The van der Waals surface area contributed by atoms with Crippen LogP contribution in [-0.2, 0) is 7.05 Å². The molecule has 1 aromatic carbocycles. The Morgan fingerprint density at radius 3 is 2.57 bits per heavy atom. The summed E-state index contributed by atoms with van der Waals surface area (Å²) in [4.78, 5) is 25.9. The molecule has 0 N–H and O–H groups in total. The number of aryl methyl sites for hydroxylation is 2. The lowest BCUT2D eigenvalue weighted by Gasteiger charge is -2.39. The molecule has 1 saturated heterocycles. The first-order valence-electron chi connectivity index (χ1n) is 7.64. The number of likely N-dealkylation sites (tertiary alicyclic amines) is 1. The maximum atomic E-state index is 12.3. The van der Waals surface area contributed by atoms with Gasteiger partial charge in [-0.1, -0.05) is 17.7 Å². The average Bonchev–Trinajstić information content (AvgIpc) is 2.47. The highest BCUT2D eigenvalue weighted by Crippen LogP contribution is 2.20. The van der Waals surface area contributed by atoms with Crippen molar-refractivity contribution in [3.63, 3.8) is 0 Å². The van der Waals surface area contributed by atoms with E-state index in [1.807, 2.05) is 44.2 Å². The van der Waals surface area contributed by atoms with E-state index in [-0.39, 0.29) is 17.6 Å². The van der Waals surface area contributed by atoms with Gasteiger partial charge in [0.15, 0.2) is 0 Å². The minimum absolute atomic E-state index is 0.0220. The molecule has 5 heteroatoms. The molecule has 1 aromatic heterocycles. The quantitative estimate of drug-likeness (QED) is 0.870. The van der Waals surface area contributed by atoms with Gasteiger partial charge in [0.2, 0.25) is 0 Å². The fraction of sp³-hybridized carbons (Fsp3) is 0.333. The van der Waals surface area contributed by atoms with Crippen LogP contribution < -0.4 is 10.3 Å². The normalized spacial score (nSPS) is 14.5. The number of carbonyl (C=O) groups excluding carboxylic acids is 1. The van der Waals surface area contributed by atoms with Crippen LogP contribution in [0.15, 0.2) is 41.2 Å². The number of pyridine rings is 1. The zero-order valence-corrected chi connectivity index (χ0v) is 13.6. The van der Waals surface area contributed by atoms with Crippen molar-refractivity contribution < 1.29 is 9.53 Å². The predicted molar refractivity (Wildman–Crippen MR) is 87.9 cm³/mol. The largest absolute Gasteiger partial charge is 0.486 e. The second kappa shape index (κ2) is 5.91. The third kappa shape index (κ3) is 3.13. The van der Waals surface area contributed by atoms with Crippen LogP contribution in [0.3, 0.4) is 0 Å². The zero-order chi connectivity index (χ0) is 16.6. The first kappa shape index (κ1) is 15.3. The molecule has 3 rings (SSSR count). The second-order valence-corrected chi connectivity index (χ2v) is 6.05. The molecule has 1 aliphatic heterocycles. The Bertz CT molecular complexity index is 804. The van der Waals surface area contributed by atoms with Crippen molar-refractivity contribution in [3.8, 4) is 5.75 Å². The summed E-state index contributed by atoms with van der Waals surface area (Å²) in [6.07, 6.45) is -0.0599. The number of nitrogens with zero attached hydrogens (tertiary/aromatic N) is 2. The van der Waals surface area contributed by atoms with Crippen LogP contribution in [0.4, 0.5) is 0 Å². The minimum atomic E-state index is -0.0907. The van der Waals surface area contributed by atoms with Gasteiger partial charge >= 0.3 is 0 Å². The van der Waals surface area contributed by atoms with Gasteiger partial charge in [0, 0.05) is 24.4 Å². The molecule has 0 saturated carbocycles. The molecule has 2 heterocycles. The Morgan fingerprint density at radius 2 is 1.91 bits per heavy atom. The molecule has 23 heavy (non-hydrogen) atoms. The summed E-state index contributed by atoms with van der Waals surface area (Å²) in [5.74, 6) is 0.590. The highest BCUT2D eigenvalue weighted by atomic mass is 16.5. The molecule has 0 unspecified atom stereocenters. The maximum Gasteiger partial charge on any atom is 0.254 e. The molecule has 0 spiro atoms. The summed E-state index contributed by atoms with van der Waals surface area (Å²) in [6, 6.07) is 10.9. The lowest BCUT2D eigenvalue weighted by atomic mass is 10.1. The number of hydrogen-bond donors (Lipinski definition) is 0. The first-order valence-corrected chi connectivity index (χ1v) is 7.64. The summed E-state index contributed by atoms with van der Waals surface area (Å²) in [5, 5.41) is 0. The Balaban J connectivity index is 1.61. The number of hydrogen-bond acceptors (Lipinski definition) is 3. The van der Waals surface area contributed by atoms with E-state index in [0.29, 0.717) is 24.4 Å².